The van der Waals surface area contributed by atoms with E-state index < -0.39 is 0 Å². The number of halogens is 1. The number of hydrogen-bond acceptors (Lipinski definition) is 2. The summed E-state index contributed by atoms with van der Waals surface area (Å²) < 4.78 is 13.5. The first-order valence-electron chi connectivity index (χ1n) is 9.27. The molecule has 0 radical (unpaired) electrons. The van der Waals surface area contributed by atoms with Crippen molar-refractivity contribution in [1.29, 1.82) is 0 Å². The van der Waals surface area contributed by atoms with Crippen LogP contribution in [0.2, 0.25) is 0 Å². The zero-order valence-corrected chi connectivity index (χ0v) is 15.7. The van der Waals surface area contributed by atoms with Gasteiger partial charge in [0.15, 0.2) is 5.96 Å². The molecule has 5 nitrogen and oxygen atoms in total. The van der Waals surface area contributed by atoms with Crippen LogP contribution in [0.4, 0.5) is 4.39 Å². The summed E-state index contributed by atoms with van der Waals surface area (Å²) in [6.45, 7) is 1.32. The summed E-state index contributed by atoms with van der Waals surface area (Å²) in [6.07, 6.45) is 4.51. The molecule has 4 aromatic rings. The molecule has 0 aliphatic rings. The van der Waals surface area contributed by atoms with E-state index in [9.17, 15) is 4.39 Å². The molecule has 0 aliphatic carbocycles. The van der Waals surface area contributed by atoms with Crippen LogP contribution in [0.1, 0.15) is 11.1 Å². The molecule has 0 atom stereocenters. The number of benzene rings is 2. The predicted molar refractivity (Wildman–Crippen MR) is 112 cm³/mol. The van der Waals surface area contributed by atoms with Crippen molar-refractivity contribution in [3.63, 3.8) is 0 Å². The number of guanidine groups is 1. The summed E-state index contributed by atoms with van der Waals surface area (Å²) in [5.74, 6) is 0.501. The molecule has 2 aromatic heterocycles. The molecule has 6 heteroatoms. The van der Waals surface area contributed by atoms with Crippen molar-refractivity contribution >= 4 is 27.8 Å². The van der Waals surface area contributed by atoms with Gasteiger partial charge in [0.25, 0.3) is 0 Å². The van der Waals surface area contributed by atoms with Gasteiger partial charge < -0.3 is 15.6 Å². The van der Waals surface area contributed by atoms with E-state index in [2.05, 4.69) is 43.8 Å². The fraction of sp³-hybridized carbons (Fsp3) is 0.182. The minimum absolute atomic E-state index is 0.220. The van der Waals surface area contributed by atoms with Crippen LogP contribution in [0.25, 0.3) is 21.8 Å². The van der Waals surface area contributed by atoms with Crippen LogP contribution < -0.4 is 10.6 Å². The van der Waals surface area contributed by atoms with Crippen LogP contribution in [-0.2, 0) is 13.0 Å². The first-order valence-corrected chi connectivity index (χ1v) is 9.27. The Morgan fingerprint density at radius 2 is 2.00 bits per heavy atom. The number of H-pyrrole nitrogens is 1. The van der Waals surface area contributed by atoms with Crippen molar-refractivity contribution in [2.45, 2.75) is 13.0 Å². The fourth-order valence-corrected chi connectivity index (χ4v) is 3.38. The fourth-order valence-electron chi connectivity index (χ4n) is 3.38. The molecule has 0 aliphatic heterocycles. The van der Waals surface area contributed by atoms with Gasteiger partial charge in [0.05, 0.1) is 5.52 Å². The van der Waals surface area contributed by atoms with E-state index in [-0.39, 0.29) is 5.82 Å². The molecular weight excluding hydrogens is 353 g/mol. The molecule has 0 fully saturated rings. The van der Waals surface area contributed by atoms with E-state index in [0.717, 1.165) is 45.3 Å². The molecule has 2 aromatic carbocycles. The highest BCUT2D eigenvalue weighted by Crippen LogP contribution is 2.19. The highest BCUT2D eigenvalue weighted by atomic mass is 19.1. The Morgan fingerprint density at radius 1 is 1.11 bits per heavy atom. The second kappa shape index (κ2) is 8.08. The van der Waals surface area contributed by atoms with Gasteiger partial charge in [0.1, 0.15) is 5.82 Å². The predicted octanol–water partition coefficient (Wildman–Crippen LogP) is 3.76. The molecule has 0 unspecified atom stereocenters. The van der Waals surface area contributed by atoms with Crippen molar-refractivity contribution in [2.24, 2.45) is 4.99 Å². The molecule has 142 valence electrons. The molecule has 28 heavy (non-hydrogen) atoms. The molecule has 4 rings (SSSR count). The number of fused-ring (bicyclic) bond motifs is 2. The summed E-state index contributed by atoms with van der Waals surface area (Å²) in [4.78, 5) is 12.0. The summed E-state index contributed by atoms with van der Waals surface area (Å²) >= 11 is 0. The molecule has 0 saturated carbocycles. The largest absolute Gasteiger partial charge is 0.361 e. The lowest BCUT2D eigenvalue weighted by Gasteiger charge is -2.13. The molecule has 0 bridgehead atoms. The standard InChI is InChI=1S/C22H22FN5/c1-24-22(28-14-17-5-2-4-15-6-3-10-25-21(15)17)26-11-9-16-13-27-20-8-7-18(23)12-19(16)20/h2-8,10,12-13,27H,9,11,14H2,1H3,(H2,24,26,28). The second-order valence-corrected chi connectivity index (χ2v) is 6.60. The van der Waals surface area contributed by atoms with E-state index in [0.29, 0.717) is 13.1 Å². The SMILES string of the molecule is CN=C(NCCc1c[nH]c2ccc(F)cc12)NCc1cccc2cccnc12. The van der Waals surface area contributed by atoms with Crippen LogP contribution in [-0.4, -0.2) is 29.5 Å². The number of aliphatic imine (C=N–C) groups is 1. The number of aromatic amines is 1. The third-order valence-electron chi connectivity index (χ3n) is 4.80. The zero-order valence-electron chi connectivity index (χ0n) is 15.7. The molecule has 3 N–H and O–H groups in total. The van der Waals surface area contributed by atoms with Gasteiger partial charge in [-0.3, -0.25) is 9.98 Å². The normalized spacial score (nSPS) is 11.9. The van der Waals surface area contributed by atoms with Crippen LogP contribution in [0.5, 0.6) is 0 Å². The lowest BCUT2D eigenvalue weighted by atomic mass is 10.1. The topological polar surface area (TPSA) is 65.1 Å². The molecule has 0 spiro atoms. The summed E-state index contributed by atoms with van der Waals surface area (Å²) in [7, 11) is 1.75. The number of pyridine rings is 1. The van der Waals surface area contributed by atoms with Gasteiger partial charge in [-0.05, 0) is 41.8 Å². The summed E-state index contributed by atoms with van der Waals surface area (Å²) in [6, 6.07) is 15.0. The van der Waals surface area contributed by atoms with Crippen molar-refractivity contribution in [3.05, 3.63) is 77.9 Å². The highest BCUT2D eigenvalue weighted by Gasteiger charge is 2.06. The number of hydrogen-bond donors (Lipinski definition) is 3. The van der Waals surface area contributed by atoms with Gasteiger partial charge in [0, 0.05) is 48.8 Å². The minimum Gasteiger partial charge on any atom is -0.361 e. The Labute approximate surface area is 162 Å². The minimum atomic E-state index is -0.220. The van der Waals surface area contributed by atoms with E-state index >= 15 is 0 Å². The molecular formula is C22H22FN5. The smallest absolute Gasteiger partial charge is 0.191 e. The van der Waals surface area contributed by atoms with Crippen LogP contribution in [0.3, 0.4) is 0 Å². The van der Waals surface area contributed by atoms with Gasteiger partial charge in [-0.2, -0.15) is 0 Å². The van der Waals surface area contributed by atoms with Crippen molar-refractivity contribution < 1.29 is 4.39 Å². The quantitative estimate of drug-likeness (QED) is 0.368. The number of aromatic nitrogens is 2. The zero-order chi connectivity index (χ0) is 19.3. The molecule has 2 heterocycles. The van der Waals surface area contributed by atoms with Crippen molar-refractivity contribution in [2.75, 3.05) is 13.6 Å². The number of para-hydroxylation sites is 1. The maximum Gasteiger partial charge on any atom is 0.191 e. The van der Waals surface area contributed by atoms with Gasteiger partial charge in [0.2, 0.25) is 0 Å². The second-order valence-electron chi connectivity index (χ2n) is 6.60. The Hall–Kier alpha value is -3.41. The molecule has 0 amide bonds. The van der Waals surface area contributed by atoms with E-state index in [1.54, 1.807) is 19.2 Å². The Balaban J connectivity index is 1.36. The maximum atomic E-state index is 13.5. The number of nitrogens with zero attached hydrogens (tertiary/aromatic N) is 2. The van der Waals surface area contributed by atoms with E-state index in [4.69, 9.17) is 0 Å². The van der Waals surface area contributed by atoms with Gasteiger partial charge in [-0.15, -0.1) is 0 Å². The third-order valence-corrected chi connectivity index (χ3v) is 4.80. The average molecular weight is 375 g/mol. The van der Waals surface area contributed by atoms with Gasteiger partial charge in [-0.1, -0.05) is 24.3 Å². The lowest BCUT2D eigenvalue weighted by molar-refractivity contribution is 0.629. The average Bonchev–Trinajstić information content (AvgIpc) is 3.12. The summed E-state index contributed by atoms with van der Waals surface area (Å²) in [5, 5.41) is 8.70. The van der Waals surface area contributed by atoms with Crippen molar-refractivity contribution in [1.82, 2.24) is 20.6 Å². The number of rotatable bonds is 5. The van der Waals surface area contributed by atoms with Crippen LogP contribution >= 0.6 is 0 Å². The Bertz CT molecular complexity index is 1130. The third kappa shape index (κ3) is 3.81. The van der Waals surface area contributed by atoms with Crippen LogP contribution in [0.15, 0.2) is 65.9 Å². The van der Waals surface area contributed by atoms with Crippen molar-refractivity contribution in [3.8, 4) is 0 Å². The highest BCUT2D eigenvalue weighted by molar-refractivity contribution is 5.84. The van der Waals surface area contributed by atoms with Gasteiger partial charge >= 0.3 is 0 Å². The Morgan fingerprint density at radius 3 is 2.89 bits per heavy atom. The van der Waals surface area contributed by atoms with Crippen LogP contribution in [0, 0.1) is 5.82 Å². The van der Waals surface area contributed by atoms with E-state index in [1.807, 2.05) is 24.5 Å². The molecule has 0 saturated heterocycles. The maximum absolute atomic E-state index is 13.5. The first-order chi connectivity index (χ1) is 13.7. The summed E-state index contributed by atoms with van der Waals surface area (Å²) in [5.41, 5.74) is 4.14. The first kappa shape index (κ1) is 18.0. The van der Waals surface area contributed by atoms with Gasteiger partial charge in [-0.25, -0.2) is 4.39 Å². The monoisotopic (exact) mass is 375 g/mol. The number of nitrogens with one attached hydrogen (secondary N) is 3. The van der Waals surface area contributed by atoms with E-state index in [1.165, 1.54) is 6.07 Å². The Kier molecular flexibility index (Phi) is 5.19. The lowest BCUT2D eigenvalue weighted by Crippen LogP contribution is -2.37.